The zero-order valence-electron chi connectivity index (χ0n) is 18.6. The van der Waals surface area contributed by atoms with Crippen LogP contribution < -0.4 is 5.56 Å². The lowest BCUT2D eigenvalue weighted by molar-refractivity contribution is 0.0691. The molecular formula is C23H26N4O4S. The second-order valence-electron chi connectivity index (χ2n) is 8.25. The summed E-state index contributed by atoms with van der Waals surface area (Å²) in [5.41, 5.74) is 2.40. The number of sulfonamides is 1. The van der Waals surface area contributed by atoms with E-state index in [1.807, 2.05) is 32.9 Å². The number of aromatic nitrogens is 2. The van der Waals surface area contributed by atoms with E-state index in [4.69, 9.17) is 0 Å². The summed E-state index contributed by atoms with van der Waals surface area (Å²) in [4.78, 5) is 27.5. The Morgan fingerprint density at radius 3 is 2.09 bits per heavy atom. The second-order valence-corrected chi connectivity index (χ2v) is 10.1. The van der Waals surface area contributed by atoms with Gasteiger partial charge in [0.2, 0.25) is 10.0 Å². The Kier molecular flexibility index (Phi) is 5.64. The van der Waals surface area contributed by atoms with E-state index in [1.165, 1.54) is 16.0 Å². The number of hydrogen-bond acceptors (Lipinski definition) is 5. The third-order valence-electron chi connectivity index (χ3n) is 5.89. The van der Waals surface area contributed by atoms with Crippen LogP contribution in [-0.2, 0) is 17.1 Å². The van der Waals surface area contributed by atoms with Crippen LogP contribution in [0.5, 0.6) is 0 Å². The molecule has 1 aromatic heterocycles. The lowest BCUT2D eigenvalue weighted by Gasteiger charge is -2.34. The number of carbonyl (C=O) groups excluding carboxylic acids is 1. The van der Waals surface area contributed by atoms with E-state index in [0.717, 1.165) is 16.7 Å². The Balaban J connectivity index is 1.59. The van der Waals surface area contributed by atoms with E-state index in [2.05, 4.69) is 5.10 Å². The number of rotatable bonds is 3. The molecule has 1 aliphatic heterocycles. The number of carbonyl (C=O) groups is 1. The van der Waals surface area contributed by atoms with Crippen LogP contribution in [0.3, 0.4) is 0 Å². The normalized spacial score (nSPS) is 15.3. The molecule has 0 unspecified atom stereocenters. The maximum atomic E-state index is 13.3. The monoisotopic (exact) mass is 454 g/mol. The summed E-state index contributed by atoms with van der Waals surface area (Å²) >= 11 is 0. The molecule has 168 valence electrons. The highest BCUT2D eigenvalue weighted by atomic mass is 32.2. The molecule has 0 atom stereocenters. The predicted molar refractivity (Wildman–Crippen MR) is 122 cm³/mol. The molecule has 1 amide bonds. The first-order valence-electron chi connectivity index (χ1n) is 10.4. The number of piperazine rings is 1. The largest absolute Gasteiger partial charge is 0.335 e. The molecule has 2 aromatic carbocycles. The molecule has 0 spiro atoms. The minimum absolute atomic E-state index is 0.198. The van der Waals surface area contributed by atoms with Crippen LogP contribution in [0.1, 0.15) is 27.2 Å². The number of benzene rings is 2. The Morgan fingerprint density at radius 1 is 0.938 bits per heavy atom. The van der Waals surface area contributed by atoms with Gasteiger partial charge in [0.15, 0.2) is 5.69 Å². The fourth-order valence-electron chi connectivity index (χ4n) is 4.44. The molecule has 0 aliphatic carbocycles. The topological polar surface area (TPSA) is 92.6 Å². The van der Waals surface area contributed by atoms with E-state index < -0.39 is 10.0 Å². The first-order valence-corrected chi connectivity index (χ1v) is 11.9. The lowest BCUT2D eigenvalue weighted by atomic mass is 10.1. The van der Waals surface area contributed by atoms with Gasteiger partial charge in [-0.2, -0.15) is 9.40 Å². The van der Waals surface area contributed by atoms with Crippen molar-refractivity contribution in [3.8, 4) is 0 Å². The van der Waals surface area contributed by atoms with Crippen LogP contribution in [0.15, 0.2) is 46.1 Å². The zero-order chi connectivity index (χ0) is 23.2. The average Bonchev–Trinajstić information content (AvgIpc) is 2.75. The molecule has 32 heavy (non-hydrogen) atoms. The van der Waals surface area contributed by atoms with Gasteiger partial charge in [-0.3, -0.25) is 9.59 Å². The van der Waals surface area contributed by atoms with Gasteiger partial charge in [-0.1, -0.05) is 35.9 Å². The SMILES string of the molecule is Cc1cc(C)c(S(=O)(=O)N2CCN(C(=O)c3nn(C)c(=O)c4ccccc34)CC2)c(C)c1. The van der Waals surface area contributed by atoms with Crippen molar-refractivity contribution in [3.05, 3.63) is 69.1 Å². The first kappa shape index (κ1) is 22.2. The van der Waals surface area contributed by atoms with E-state index in [-0.39, 0.29) is 43.3 Å². The van der Waals surface area contributed by atoms with Gasteiger partial charge < -0.3 is 4.90 Å². The highest BCUT2D eigenvalue weighted by molar-refractivity contribution is 7.89. The van der Waals surface area contributed by atoms with Gasteiger partial charge in [0, 0.05) is 38.6 Å². The molecule has 0 saturated carbocycles. The van der Waals surface area contributed by atoms with Crippen molar-refractivity contribution < 1.29 is 13.2 Å². The summed E-state index contributed by atoms with van der Waals surface area (Å²) in [6.45, 7) is 6.46. The molecule has 3 aromatic rings. The van der Waals surface area contributed by atoms with E-state index in [0.29, 0.717) is 15.7 Å². The third-order valence-corrected chi connectivity index (χ3v) is 8.09. The molecule has 0 bridgehead atoms. The minimum atomic E-state index is -3.67. The molecule has 2 heterocycles. The van der Waals surface area contributed by atoms with Crippen molar-refractivity contribution in [3.63, 3.8) is 0 Å². The molecule has 8 nitrogen and oxygen atoms in total. The second kappa shape index (κ2) is 8.14. The number of aryl methyl sites for hydroxylation is 4. The van der Waals surface area contributed by atoms with Gasteiger partial charge in [-0.15, -0.1) is 0 Å². The van der Waals surface area contributed by atoms with Gasteiger partial charge in [-0.25, -0.2) is 13.1 Å². The van der Waals surface area contributed by atoms with Crippen molar-refractivity contribution in [2.45, 2.75) is 25.7 Å². The van der Waals surface area contributed by atoms with Crippen molar-refractivity contribution >= 4 is 26.7 Å². The van der Waals surface area contributed by atoms with Gasteiger partial charge in [0.1, 0.15) is 0 Å². The lowest BCUT2D eigenvalue weighted by Crippen LogP contribution is -2.51. The number of hydrogen-bond donors (Lipinski definition) is 0. The van der Waals surface area contributed by atoms with Crippen LogP contribution in [-0.4, -0.2) is 59.5 Å². The molecule has 1 saturated heterocycles. The molecular weight excluding hydrogens is 428 g/mol. The number of fused-ring (bicyclic) bond motifs is 1. The van der Waals surface area contributed by atoms with Gasteiger partial charge >= 0.3 is 0 Å². The summed E-state index contributed by atoms with van der Waals surface area (Å²) in [7, 11) is -2.15. The van der Waals surface area contributed by atoms with Crippen LogP contribution in [0.4, 0.5) is 0 Å². The molecule has 0 radical (unpaired) electrons. The molecule has 9 heteroatoms. The maximum absolute atomic E-state index is 13.3. The van der Waals surface area contributed by atoms with Crippen molar-refractivity contribution in [1.29, 1.82) is 0 Å². The fourth-order valence-corrected chi connectivity index (χ4v) is 6.28. The Hall–Kier alpha value is -3.04. The third kappa shape index (κ3) is 3.71. The van der Waals surface area contributed by atoms with E-state index in [1.54, 1.807) is 29.2 Å². The summed E-state index contributed by atoms with van der Waals surface area (Å²) < 4.78 is 29.2. The van der Waals surface area contributed by atoms with Gasteiger partial charge in [0.25, 0.3) is 11.5 Å². The fraction of sp³-hybridized carbons (Fsp3) is 0.348. The van der Waals surface area contributed by atoms with Gasteiger partial charge in [0.05, 0.1) is 10.3 Å². The smallest absolute Gasteiger partial charge is 0.275 e. The Morgan fingerprint density at radius 2 is 1.50 bits per heavy atom. The molecule has 4 rings (SSSR count). The van der Waals surface area contributed by atoms with Crippen molar-refractivity contribution in [2.75, 3.05) is 26.2 Å². The highest BCUT2D eigenvalue weighted by Crippen LogP contribution is 2.26. The first-order chi connectivity index (χ1) is 15.1. The predicted octanol–water partition coefficient (Wildman–Crippen LogP) is 2.01. The molecule has 1 fully saturated rings. The minimum Gasteiger partial charge on any atom is -0.335 e. The van der Waals surface area contributed by atoms with Crippen LogP contribution in [0, 0.1) is 20.8 Å². The quantitative estimate of drug-likeness (QED) is 0.604. The molecule has 1 aliphatic rings. The number of nitrogens with zero attached hydrogens (tertiary/aromatic N) is 4. The molecule has 0 N–H and O–H groups in total. The van der Waals surface area contributed by atoms with E-state index in [9.17, 15) is 18.0 Å². The summed E-state index contributed by atoms with van der Waals surface area (Å²) in [6.07, 6.45) is 0. The zero-order valence-corrected chi connectivity index (χ0v) is 19.4. The van der Waals surface area contributed by atoms with Crippen molar-refractivity contribution in [1.82, 2.24) is 19.0 Å². The van der Waals surface area contributed by atoms with E-state index >= 15 is 0 Å². The highest BCUT2D eigenvalue weighted by Gasteiger charge is 2.33. The number of amides is 1. The van der Waals surface area contributed by atoms with Gasteiger partial charge in [-0.05, 0) is 38.0 Å². The summed E-state index contributed by atoms with van der Waals surface area (Å²) in [6, 6.07) is 10.6. The summed E-state index contributed by atoms with van der Waals surface area (Å²) in [5.74, 6) is -0.309. The Labute approximate surface area is 187 Å². The summed E-state index contributed by atoms with van der Waals surface area (Å²) in [5, 5.41) is 5.14. The average molecular weight is 455 g/mol. The Bertz CT molecular complexity index is 1360. The van der Waals surface area contributed by atoms with Crippen molar-refractivity contribution in [2.24, 2.45) is 7.05 Å². The maximum Gasteiger partial charge on any atom is 0.275 e. The van der Waals surface area contributed by atoms with Crippen LogP contribution in [0.2, 0.25) is 0 Å². The van der Waals surface area contributed by atoms with Crippen LogP contribution >= 0.6 is 0 Å². The standard InChI is InChI=1S/C23H26N4O4S/c1-15-13-16(2)21(17(3)14-15)32(30,31)27-11-9-26(10-12-27)23(29)20-18-7-5-6-8-19(18)22(28)25(4)24-20/h5-8,13-14H,9-12H2,1-4H3. The van der Waals surface area contributed by atoms with Crippen LogP contribution in [0.25, 0.3) is 10.8 Å².